The highest BCUT2D eigenvalue weighted by Crippen LogP contribution is 2.39. The van der Waals surface area contributed by atoms with Gasteiger partial charge in [-0.2, -0.15) is 0 Å². The molecule has 24 heavy (non-hydrogen) atoms. The van der Waals surface area contributed by atoms with Crippen LogP contribution in [-0.4, -0.2) is 5.91 Å². The first-order valence-corrected chi connectivity index (χ1v) is 8.80. The maximum atomic E-state index is 12.9. The van der Waals surface area contributed by atoms with Crippen molar-refractivity contribution in [3.05, 3.63) is 71.8 Å². The fourth-order valence-electron chi connectivity index (χ4n) is 3.70. The summed E-state index contributed by atoms with van der Waals surface area (Å²) in [6.45, 7) is 1.92. The minimum atomic E-state index is -0.291. The summed E-state index contributed by atoms with van der Waals surface area (Å²) in [7, 11) is 0. The lowest BCUT2D eigenvalue weighted by Gasteiger charge is -2.33. The quantitative estimate of drug-likeness (QED) is 0.877. The van der Waals surface area contributed by atoms with Crippen molar-refractivity contribution in [3.63, 3.8) is 0 Å². The van der Waals surface area contributed by atoms with Crippen LogP contribution < -0.4 is 11.1 Å². The second-order valence-corrected chi connectivity index (χ2v) is 6.87. The third-order valence-electron chi connectivity index (χ3n) is 5.28. The number of nitrogens with one attached hydrogen (secondary N) is 1. The molecule has 0 saturated heterocycles. The largest absolute Gasteiger partial charge is 0.346 e. The zero-order valence-electron chi connectivity index (χ0n) is 14.2. The topological polar surface area (TPSA) is 55.1 Å². The number of carbonyl (C=O) groups is 1. The molecule has 3 N–H and O–H groups in total. The van der Waals surface area contributed by atoms with Crippen LogP contribution in [0.3, 0.4) is 0 Å². The molecule has 1 saturated carbocycles. The molecule has 1 aliphatic carbocycles. The average Bonchev–Trinajstić information content (AvgIpc) is 3.11. The standard InChI is InChI=1S/C21H26N2O/c1-16(19(22)17-10-4-2-5-11-17)20(24)23-21(14-8-9-15-21)18-12-6-3-7-13-18/h2-7,10-13,16,19H,8-9,14-15,22H2,1H3,(H,23,24). The van der Waals surface area contributed by atoms with E-state index in [0.717, 1.165) is 31.2 Å². The molecule has 2 atom stereocenters. The van der Waals surface area contributed by atoms with E-state index < -0.39 is 0 Å². The van der Waals surface area contributed by atoms with Gasteiger partial charge in [-0.3, -0.25) is 4.79 Å². The maximum absolute atomic E-state index is 12.9. The summed E-state index contributed by atoms with van der Waals surface area (Å²) >= 11 is 0. The van der Waals surface area contributed by atoms with Crippen LogP contribution in [0.5, 0.6) is 0 Å². The molecule has 0 radical (unpaired) electrons. The molecule has 3 nitrogen and oxygen atoms in total. The Bertz CT molecular complexity index is 663. The summed E-state index contributed by atoms with van der Waals surface area (Å²) in [4.78, 5) is 12.9. The first-order chi connectivity index (χ1) is 11.6. The van der Waals surface area contributed by atoms with Gasteiger partial charge in [0.25, 0.3) is 0 Å². The van der Waals surface area contributed by atoms with E-state index in [1.807, 2.05) is 55.5 Å². The molecule has 0 spiro atoms. The van der Waals surface area contributed by atoms with Gasteiger partial charge in [-0.15, -0.1) is 0 Å². The average molecular weight is 322 g/mol. The summed E-state index contributed by atoms with van der Waals surface area (Å²) in [5.41, 5.74) is 8.31. The molecule has 3 heteroatoms. The van der Waals surface area contributed by atoms with Gasteiger partial charge >= 0.3 is 0 Å². The number of hydrogen-bond acceptors (Lipinski definition) is 2. The van der Waals surface area contributed by atoms with Gasteiger partial charge in [0.2, 0.25) is 5.91 Å². The number of benzene rings is 2. The Kier molecular flexibility index (Phi) is 5.00. The normalized spacial score (nSPS) is 18.8. The molecule has 1 fully saturated rings. The zero-order valence-corrected chi connectivity index (χ0v) is 14.2. The van der Waals surface area contributed by atoms with Crippen LogP contribution in [0, 0.1) is 5.92 Å². The number of hydrogen-bond donors (Lipinski definition) is 2. The summed E-state index contributed by atoms with van der Waals surface area (Å²) in [6.07, 6.45) is 4.29. The Balaban J connectivity index is 1.77. The Hall–Kier alpha value is -2.13. The Morgan fingerprint density at radius 3 is 2.12 bits per heavy atom. The van der Waals surface area contributed by atoms with Crippen LogP contribution in [0.4, 0.5) is 0 Å². The van der Waals surface area contributed by atoms with Gasteiger partial charge in [0, 0.05) is 6.04 Å². The van der Waals surface area contributed by atoms with E-state index in [1.165, 1.54) is 5.56 Å². The Labute approximate surface area is 144 Å². The summed E-state index contributed by atoms with van der Waals surface area (Å²) in [6, 6.07) is 19.9. The van der Waals surface area contributed by atoms with Crippen LogP contribution in [-0.2, 0) is 10.3 Å². The SMILES string of the molecule is CC(C(=O)NC1(c2ccccc2)CCCC1)C(N)c1ccccc1. The molecule has 2 aromatic rings. The van der Waals surface area contributed by atoms with Crippen molar-refractivity contribution in [2.45, 2.75) is 44.2 Å². The lowest BCUT2D eigenvalue weighted by Crippen LogP contribution is -2.47. The van der Waals surface area contributed by atoms with Crippen LogP contribution in [0.15, 0.2) is 60.7 Å². The monoisotopic (exact) mass is 322 g/mol. The molecule has 3 rings (SSSR count). The van der Waals surface area contributed by atoms with Crippen LogP contribution in [0.2, 0.25) is 0 Å². The smallest absolute Gasteiger partial charge is 0.225 e. The summed E-state index contributed by atoms with van der Waals surface area (Å²) in [5.74, 6) is -0.231. The summed E-state index contributed by atoms with van der Waals surface area (Å²) in [5, 5.41) is 3.34. The minimum Gasteiger partial charge on any atom is -0.346 e. The zero-order chi connectivity index (χ0) is 17.0. The van der Waals surface area contributed by atoms with E-state index in [1.54, 1.807) is 0 Å². The second kappa shape index (κ2) is 7.18. The number of carbonyl (C=O) groups excluding carboxylic acids is 1. The lowest BCUT2D eigenvalue weighted by molar-refractivity contribution is -0.127. The molecule has 0 bridgehead atoms. The number of nitrogens with two attached hydrogens (primary N) is 1. The lowest BCUT2D eigenvalue weighted by atomic mass is 9.86. The van der Waals surface area contributed by atoms with E-state index in [2.05, 4.69) is 17.4 Å². The van der Waals surface area contributed by atoms with Crippen molar-refractivity contribution >= 4 is 5.91 Å². The molecular weight excluding hydrogens is 296 g/mol. The van der Waals surface area contributed by atoms with Crippen molar-refractivity contribution in [1.82, 2.24) is 5.32 Å². The van der Waals surface area contributed by atoms with Gasteiger partial charge in [-0.1, -0.05) is 80.4 Å². The molecule has 126 valence electrons. The molecule has 1 amide bonds. The molecule has 1 aliphatic rings. The molecule has 2 aromatic carbocycles. The van der Waals surface area contributed by atoms with Crippen molar-refractivity contribution in [2.24, 2.45) is 11.7 Å². The second-order valence-electron chi connectivity index (χ2n) is 6.87. The third kappa shape index (κ3) is 3.36. The fourth-order valence-corrected chi connectivity index (χ4v) is 3.70. The van der Waals surface area contributed by atoms with E-state index in [9.17, 15) is 4.79 Å². The first kappa shape index (κ1) is 16.7. The van der Waals surface area contributed by atoms with Crippen LogP contribution >= 0.6 is 0 Å². The molecule has 0 heterocycles. The minimum absolute atomic E-state index is 0.0390. The van der Waals surface area contributed by atoms with E-state index >= 15 is 0 Å². The van der Waals surface area contributed by atoms with Crippen molar-refractivity contribution in [3.8, 4) is 0 Å². The van der Waals surface area contributed by atoms with E-state index in [4.69, 9.17) is 5.73 Å². The summed E-state index contributed by atoms with van der Waals surface area (Å²) < 4.78 is 0. The molecular formula is C21H26N2O. The third-order valence-corrected chi connectivity index (χ3v) is 5.28. The highest BCUT2D eigenvalue weighted by atomic mass is 16.2. The predicted octanol–water partition coefficient (Wildman–Crippen LogP) is 3.91. The maximum Gasteiger partial charge on any atom is 0.225 e. The van der Waals surface area contributed by atoms with Crippen LogP contribution in [0.25, 0.3) is 0 Å². The van der Waals surface area contributed by atoms with Gasteiger partial charge < -0.3 is 11.1 Å². The highest BCUT2D eigenvalue weighted by molar-refractivity contribution is 5.80. The predicted molar refractivity (Wildman–Crippen MR) is 97.3 cm³/mol. The van der Waals surface area contributed by atoms with Gasteiger partial charge in [-0.25, -0.2) is 0 Å². The molecule has 0 aromatic heterocycles. The number of rotatable bonds is 5. The molecule has 2 unspecified atom stereocenters. The fraction of sp³-hybridized carbons (Fsp3) is 0.381. The van der Waals surface area contributed by atoms with E-state index in [0.29, 0.717) is 0 Å². The van der Waals surface area contributed by atoms with Gasteiger partial charge in [0.05, 0.1) is 11.5 Å². The van der Waals surface area contributed by atoms with E-state index in [-0.39, 0.29) is 23.4 Å². The number of amides is 1. The van der Waals surface area contributed by atoms with Gasteiger partial charge in [0.15, 0.2) is 0 Å². The van der Waals surface area contributed by atoms with Crippen molar-refractivity contribution in [1.29, 1.82) is 0 Å². The van der Waals surface area contributed by atoms with Gasteiger partial charge in [0.1, 0.15) is 0 Å². The van der Waals surface area contributed by atoms with Crippen molar-refractivity contribution < 1.29 is 4.79 Å². The highest BCUT2D eigenvalue weighted by Gasteiger charge is 2.38. The van der Waals surface area contributed by atoms with Gasteiger partial charge in [-0.05, 0) is 24.0 Å². The Morgan fingerprint density at radius 2 is 1.54 bits per heavy atom. The molecule has 0 aliphatic heterocycles. The Morgan fingerprint density at radius 1 is 1.00 bits per heavy atom. The van der Waals surface area contributed by atoms with Crippen molar-refractivity contribution in [2.75, 3.05) is 0 Å². The van der Waals surface area contributed by atoms with Crippen LogP contribution in [0.1, 0.15) is 49.8 Å². The first-order valence-electron chi connectivity index (χ1n) is 8.80.